The van der Waals surface area contributed by atoms with Crippen LogP contribution in [0.2, 0.25) is 0 Å². The van der Waals surface area contributed by atoms with Gasteiger partial charge in [-0.05, 0) is 82.4 Å². The summed E-state index contributed by atoms with van der Waals surface area (Å²) in [6.07, 6.45) is 15.9. The lowest BCUT2D eigenvalue weighted by Gasteiger charge is -2.38. The number of benzene rings is 1. The second-order valence-corrected chi connectivity index (χ2v) is 10.8. The largest absolute Gasteiger partial charge is 0.508 e. The first-order chi connectivity index (χ1) is 18.6. The first kappa shape index (κ1) is 34.3. The zero-order valence-corrected chi connectivity index (χ0v) is 25.5. The van der Waals surface area contributed by atoms with Crippen LogP contribution in [0.25, 0.3) is 0 Å². The van der Waals surface area contributed by atoms with E-state index in [2.05, 4.69) is 38.2 Å². The second kappa shape index (κ2) is 17.8. The Morgan fingerprint density at radius 3 is 2.13 bits per heavy atom. The SMILES string of the molecule is CC.CCC1=CCC=C(CC(=O)CCC2(C(C)=O)CCC(C(=O)C(C)CC)CC2)C=C1.Cc1ccccc1O.[HH].[HH]. The Hall–Kier alpha value is -2.75. The zero-order chi connectivity index (χ0) is 29.4. The summed E-state index contributed by atoms with van der Waals surface area (Å²) in [5.74, 6) is 1.31. The molecule has 0 radical (unpaired) electrons. The van der Waals surface area contributed by atoms with E-state index < -0.39 is 5.41 Å². The number of ketones is 3. The summed E-state index contributed by atoms with van der Waals surface area (Å²) in [7, 11) is 0. The summed E-state index contributed by atoms with van der Waals surface area (Å²) in [6, 6.07) is 7.25. The highest BCUT2D eigenvalue weighted by atomic mass is 16.3. The highest BCUT2D eigenvalue weighted by molar-refractivity contribution is 5.86. The molecule has 2 aliphatic carbocycles. The molecule has 0 heterocycles. The molecule has 0 aliphatic heterocycles. The molecule has 0 amide bonds. The molecule has 3 rings (SSSR count). The van der Waals surface area contributed by atoms with Crippen LogP contribution in [0.5, 0.6) is 5.75 Å². The van der Waals surface area contributed by atoms with Gasteiger partial charge in [-0.15, -0.1) is 0 Å². The van der Waals surface area contributed by atoms with Gasteiger partial charge in [-0.2, -0.15) is 0 Å². The van der Waals surface area contributed by atoms with Crippen molar-refractivity contribution in [3.63, 3.8) is 0 Å². The number of rotatable bonds is 10. The average Bonchev–Trinajstić information content (AvgIpc) is 3.19. The van der Waals surface area contributed by atoms with Crippen molar-refractivity contribution in [1.82, 2.24) is 0 Å². The lowest BCUT2D eigenvalue weighted by atomic mass is 9.64. The third-order valence-electron chi connectivity index (χ3n) is 8.27. The first-order valence-corrected chi connectivity index (χ1v) is 15.0. The predicted molar refractivity (Wildman–Crippen MR) is 167 cm³/mol. The fourth-order valence-electron chi connectivity index (χ4n) is 5.20. The van der Waals surface area contributed by atoms with E-state index in [1.54, 1.807) is 13.0 Å². The highest BCUT2D eigenvalue weighted by Gasteiger charge is 2.41. The van der Waals surface area contributed by atoms with Crippen molar-refractivity contribution in [3.8, 4) is 5.75 Å². The molecule has 0 saturated heterocycles. The maximum atomic E-state index is 12.6. The summed E-state index contributed by atoms with van der Waals surface area (Å²) in [6.45, 7) is 13.7. The molecule has 4 nitrogen and oxygen atoms in total. The van der Waals surface area contributed by atoms with E-state index in [1.807, 2.05) is 45.9 Å². The minimum Gasteiger partial charge on any atom is -0.508 e. The number of hydrogen-bond acceptors (Lipinski definition) is 4. The minimum atomic E-state index is -0.410. The number of Topliss-reactive ketones (excluding diaryl/α,β-unsaturated/α-hetero) is 3. The van der Waals surface area contributed by atoms with Gasteiger partial charge < -0.3 is 5.11 Å². The van der Waals surface area contributed by atoms with Crippen LogP contribution in [0.15, 0.2) is 59.7 Å². The molecular formula is C35H56O4. The predicted octanol–water partition coefficient (Wildman–Crippen LogP) is 9.55. The van der Waals surface area contributed by atoms with Crippen molar-refractivity contribution < 1.29 is 22.3 Å². The number of para-hydroxylation sites is 1. The number of phenols is 1. The molecule has 1 fully saturated rings. The zero-order valence-electron chi connectivity index (χ0n) is 25.5. The molecule has 1 aromatic rings. The van der Waals surface area contributed by atoms with Crippen molar-refractivity contribution in [1.29, 1.82) is 0 Å². The Morgan fingerprint density at radius 1 is 1.03 bits per heavy atom. The number of hydrogen-bond donors (Lipinski definition) is 1. The van der Waals surface area contributed by atoms with Crippen molar-refractivity contribution in [3.05, 3.63) is 65.3 Å². The van der Waals surface area contributed by atoms with Crippen LogP contribution in [0.4, 0.5) is 0 Å². The second-order valence-electron chi connectivity index (χ2n) is 10.8. The van der Waals surface area contributed by atoms with Gasteiger partial charge in [0.1, 0.15) is 23.1 Å². The summed E-state index contributed by atoms with van der Waals surface area (Å²) in [5, 5.41) is 8.92. The quantitative estimate of drug-likeness (QED) is 0.321. The fourth-order valence-corrected chi connectivity index (χ4v) is 5.20. The Morgan fingerprint density at radius 2 is 1.62 bits per heavy atom. The van der Waals surface area contributed by atoms with Gasteiger partial charge in [0.15, 0.2) is 0 Å². The number of aryl methyl sites for hydroxylation is 1. The van der Waals surface area contributed by atoms with Gasteiger partial charge in [0.2, 0.25) is 0 Å². The standard InChI is InChI=1S/C26H38O3.C7H8O.C2H6.2H2/c1-5-19(3)25(29)23-12-15-26(16-13-23,20(4)27)17-14-24(28)18-22-9-7-8-21(6-2)10-11-22;1-6-4-2-3-5-7(6)8;1-2;;/h8-11,19,23H,5-7,12-18H2,1-4H3;2-5,8H,1H3;1-2H3;2*1H. The molecule has 0 bridgehead atoms. The molecule has 0 aromatic heterocycles. The number of carbonyl (C=O) groups excluding carboxylic acids is 3. The fraction of sp³-hybridized carbons (Fsp3) is 0.571. The molecule has 1 atom stereocenters. The lowest BCUT2D eigenvalue weighted by Crippen LogP contribution is -2.37. The van der Waals surface area contributed by atoms with E-state index >= 15 is 0 Å². The Labute approximate surface area is 240 Å². The molecule has 1 aromatic carbocycles. The number of phenolic OH excluding ortho intramolecular Hbond substituents is 1. The molecule has 2 aliphatic rings. The van der Waals surface area contributed by atoms with Gasteiger partial charge in [0, 0.05) is 32.9 Å². The summed E-state index contributed by atoms with van der Waals surface area (Å²) >= 11 is 0. The Balaban J connectivity index is 0. The monoisotopic (exact) mass is 540 g/mol. The third kappa shape index (κ3) is 11.1. The number of carbonyl (C=O) groups is 3. The smallest absolute Gasteiger partial charge is 0.138 e. The molecule has 0 spiro atoms. The molecule has 220 valence electrons. The van der Waals surface area contributed by atoms with Crippen LogP contribution < -0.4 is 0 Å². The van der Waals surface area contributed by atoms with Crippen LogP contribution >= 0.6 is 0 Å². The topological polar surface area (TPSA) is 71.4 Å². The number of allylic oxidation sites excluding steroid dienone is 6. The van der Waals surface area contributed by atoms with Crippen LogP contribution in [0.1, 0.15) is 114 Å². The Kier molecular flexibility index (Phi) is 15.6. The van der Waals surface area contributed by atoms with Gasteiger partial charge in [0.25, 0.3) is 0 Å². The van der Waals surface area contributed by atoms with E-state index in [4.69, 9.17) is 5.11 Å². The molecule has 1 saturated carbocycles. The molecule has 1 unspecified atom stereocenters. The van der Waals surface area contributed by atoms with E-state index in [9.17, 15) is 14.4 Å². The van der Waals surface area contributed by atoms with Gasteiger partial charge >= 0.3 is 0 Å². The third-order valence-corrected chi connectivity index (χ3v) is 8.27. The maximum Gasteiger partial charge on any atom is 0.138 e. The summed E-state index contributed by atoms with van der Waals surface area (Å²) in [5.41, 5.74) is 2.90. The number of aromatic hydroxyl groups is 1. The maximum absolute atomic E-state index is 12.6. The summed E-state index contributed by atoms with van der Waals surface area (Å²) in [4.78, 5) is 37.6. The van der Waals surface area contributed by atoms with E-state index in [0.717, 1.165) is 56.1 Å². The van der Waals surface area contributed by atoms with Gasteiger partial charge in [-0.3, -0.25) is 14.4 Å². The van der Waals surface area contributed by atoms with Crippen LogP contribution in [-0.2, 0) is 14.4 Å². The lowest BCUT2D eigenvalue weighted by molar-refractivity contribution is -0.135. The molecule has 4 heteroatoms. The molecular weight excluding hydrogens is 484 g/mol. The molecule has 1 N–H and O–H groups in total. The summed E-state index contributed by atoms with van der Waals surface area (Å²) < 4.78 is 0. The molecule has 39 heavy (non-hydrogen) atoms. The van der Waals surface area contributed by atoms with E-state index in [1.165, 1.54) is 5.57 Å². The van der Waals surface area contributed by atoms with Gasteiger partial charge in [0.05, 0.1) is 0 Å². The Bertz CT molecular complexity index is 1010. The van der Waals surface area contributed by atoms with Crippen molar-refractivity contribution in [2.45, 2.75) is 113 Å². The van der Waals surface area contributed by atoms with E-state index in [0.29, 0.717) is 30.8 Å². The normalized spacial score (nSPS) is 21.1. The van der Waals surface area contributed by atoms with Gasteiger partial charge in [-0.25, -0.2) is 0 Å². The van der Waals surface area contributed by atoms with Gasteiger partial charge in [-0.1, -0.05) is 82.7 Å². The first-order valence-electron chi connectivity index (χ1n) is 15.0. The van der Waals surface area contributed by atoms with Crippen molar-refractivity contribution in [2.75, 3.05) is 0 Å². The van der Waals surface area contributed by atoms with Crippen LogP contribution in [0, 0.1) is 24.2 Å². The minimum absolute atomic E-state index is 0. The highest BCUT2D eigenvalue weighted by Crippen LogP contribution is 2.44. The van der Waals surface area contributed by atoms with Crippen molar-refractivity contribution in [2.24, 2.45) is 17.3 Å². The van der Waals surface area contributed by atoms with Crippen LogP contribution in [-0.4, -0.2) is 22.5 Å². The average molecular weight is 541 g/mol. The van der Waals surface area contributed by atoms with Crippen LogP contribution in [0.3, 0.4) is 0 Å². The van der Waals surface area contributed by atoms with Crippen molar-refractivity contribution >= 4 is 17.3 Å². The van der Waals surface area contributed by atoms with E-state index in [-0.39, 0.29) is 26.3 Å².